The third-order valence-electron chi connectivity index (χ3n) is 2.26. The van der Waals surface area contributed by atoms with E-state index in [1.807, 2.05) is 12.1 Å². The van der Waals surface area contributed by atoms with Crippen LogP contribution in [0.15, 0.2) is 42.6 Å². The number of hydrogen-bond acceptors (Lipinski definition) is 4. The van der Waals surface area contributed by atoms with Gasteiger partial charge in [-0.15, -0.1) is 0 Å². The molecular formula is C13H14AsClN2O5. The first-order valence-electron chi connectivity index (χ1n) is 5.94. The van der Waals surface area contributed by atoms with E-state index in [2.05, 4.69) is 10.3 Å². The molecular weight excluding hydrogens is 375 g/mol. The van der Waals surface area contributed by atoms with Crippen LogP contribution in [-0.4, -0.2) is 38.4 Å². The maximum Gasteiger partial charge on any atom is 0.129 e. The topological polar surface area (TPSA) is 120 Å². The van der Waals surface area contributed by atoms with Gasteiger partial charge < -0.3 is 0 Å². The van der Waals surface area contributed by atoms with Crippen LogP contribution in [0.25, 0.3) is 0 Å². The molecule has 0 aliphatic rings. The van der Waals surface area contributed by atoms with Crippen molar-refractivity contribution in [2.24, 2.45) is 0 Å². The first kappa shape index (κ1) is 18.3. The van der Waals surface area contributed by atoms with Gasteiger partial charge in [-0.05, 0) is 12.1 Å². The second-order valence-corrected chi connectivity index (χ2v) is 7.73. The van der Waals surface area contributed by atoms with E-state index in [0.717, 1.165) is 0 Å². The zero-order valence-electron chi connectivity index (χ0n) is 11.5. The largest absolute Gasteiger partial charge is 0.245 e. The predicted octanol–water partition coefficient (Wildman–Crippen LogP) is 0.647. The second-order valence-electron chi connectivity index (χ2n) is 4.05. The Morgan fingerprint density at radius 1 is 1.23 bits per heavy atom. The SMILES string of the molecule is CC(=O)Nc1c(O)cccc1[As](=O)(O)O.Clc1ccccn1. The van der Waals surface area contributed by atoms with Crippen molar-refractivity contribution in [1.29, 1.82) is 0 Å². The first-order valence-corrected chi connectivity index (χ1v) is 9.70. The molecule has 1 aromatic heterocycles. The number of halogens is 1. The molecule has 2 aromatic rings. The molecule has 22 heavy (non-hydrogen) atoms. The number of carbonyl (C=O) groups is 1. The summed E-state index contributed by atoms with van der Waals surface area (Å²) in [5.41, 5.74) is -0.225. The molecule has 7 nitrogen and oxygen atoms in total. The molecule has 9 heteroatoms. The van der Waals surface area contributed by atoms with Crippen LogP contribution in [-0.2, 0) is 8.53 Å². The summed E-state index contributed by atoms with van der Waals surface area (Å²) < 4.78 is 28.8. The van der Waals surface area contributed by atoms with Gasteiger partial charge in [-0.3, -0.25) is 0 Å². The zero-order valence-corrected chi connectivity index (χ0v) is 14.1. The Bertz CT molecular complexity index is 690. The van der Waals surface area contributed by atoms with Gasteiger partial charge in [-0.2, -0.15) is 0 Å². The monoisotopic (exact) mass is 388 g/mol. The van der Waals surface area contributed by atoms with Crippen LogP contribution in [0, 0.1) is 0 Å². The van der Waals surface area contributed by atoms with E-state index in [1.165, 1.54) is 25.1 Å². The van der Waals surface area contributed by atoms with E-state index in [1.54, 1.807) is 12.3 Å². The number of hydrogen-bond donors (Lipinski definition) is 4. The first-order chi connectivity index (χ1) is 10.2. The van der Waals surface area contributed by atoms with E-state index < -0.39 is 20.1 Å². The average Bonchev–Trinajstić information content (AvgIpc) is 2.41. The van der Waals surface area contributed by atoms with Crippen molar-refractivity contribution in [2.45, 2.75) is 6.92 Å². The minimum absolute atomic E-state index is 0.225. The smallest absolute Gasteiger partial charge is 0.129 e. The average molecular weight is 389 g/mol. The molecule has 0 aliphatic heterocycles. The van der Waals surface area contributed by atoms with E-state index in [4.69, 9.17) is 19.8 Å². The standard InChI is InChI=1S/C8H10AsNO5.C5H4ClN/c1-5(11)10-8-6(9(13,14)15)3-2-4-7(8)12;6-5-3-1-2-4-7-5/h2-4,12H,1H3,(H,10,11)(H2,13,14,15);1-4H. The Morgan fingerprint density at radius 3 is 2.32 bits per heavy atom. The Morgan fingerprint density at radius 2 is 1.91 bits per heavy atom. The van der Waals surface area contributed by atoms with Gasteiger partial charge in [0.25, 0.3) is 0 Å². The van der Waals surface area contributed by atoms with E-state index in [-0.39, 0.29) is 15.8 Å². The molecule has 4 N–H and O–H groups in total. The van der Waals surface area contributed by atoms with Gasteiger partial charge in [-0.1, -0.05) is 17.7 Å². The molecule has 0 saturated heterocycles. The number of nitrogens with zero attached hydrogens (tertiary/aromatic N) is 1. The number of aromatic nitrogens is 1. The van der Waals surface area contributed by atoms with Crippen molar-refractivity contribution in [3.63, 3.8) is 0 Å². The van der Waals surface area contributed by atoms with Gasteiger partial charge in [0.05, 0.1) is 0 Å². The number of phenolic OH excluding ortho intramolecular Hbond substituents is 1. The second kappa shape index (κ2) is 8.00. The van der Waals surface area contributed by atoms with E-state index in [0.29, 0.717) is 5.15 Å². The summed E-state index contributed by atoms with van der Waals surface area (Å²) in [6.07, 6.45) is 1.66. The summed E-state index contributed by atoms with van der Waals surface area (Å²) >= 11 is 0.287. The molecule has 1 amide bonds. The molecule has 0 spiro atoms. The minimum Gasteiger partial charge on any atom is -0.245 e. The summed E-state index contributed by atoms with van der Waals surface area (Å²) in [6.45, 7) is 1.18. The molecule has 1 aromatic carbocycles. The maximum atomic E-state index is 11.1. The van der Waals surface area contributed by atoms with Crippen LogP contribution in [0.4, 0.5) is 5.69 Å². The summed E-state index contributed by atoms with van der Waals surface area (Å²) in [5, 5.41) is 12.1. The number of nitrogens with one attached hydrogen (secondary N) is 1. The molecule has 0 radical (unpaired) electrons. The van der Waals surface area contributed by atoms with Crippen LogP contribution >= 0.6 is 11.6 Å². The quantitative estimate of drug-likeness (QED) is 0.341. The van der Waals surface area contributed by atoms with Gasteiger partial charge in [0, 0.05) is 6.20 Å². The van der Waals surface area contributed by atoms with Gasteiger partial charge in [-0.25, -0.2) is 4.98 Å². The van der Waals surface area contributed by atoms with Gasteiger partial charge >= 0.3 is 88.1 Å². The number of carbonyl (C=O) groups excluding carboxylic acids is 1. The van der Waals surface area contributed by atoms with Crippen molar-refractivity contribution < 1.29 is 21.8 Å². The molecule has 0 atom stereocenters. The Labute approximate surface area is 134 Å². The number of benzene rings is 1. The molecule has 0 bridgehead atoms. The van der Waals surface area contributed by atoms with Crippen molar-refractivity contribution in [3.8, 4) is 5.75 Å². The number of pyridine rings is 1. The fourth-order valence-electron chi connectivity index (χ4n) is 1.42. The summed E-state index contributed by atoms with van der Waals surface area (Å²) in [7, 11) is 0. The van der Waals surface area contributed by atoms with Crippen molar-refractivity contribution in [3.05, 3.63) is 47.7 Å². The van der Waals surface area contributed by atoms with Crippen molar-refractivity contribution in [2.75, 3.05) is 5.32 Å². The third kappa shape index (κ3) is 5.91. The molecule has 0 fully saturated rings. The molecule has 0 aliphatic carbocycles. The Kier molecular flexibility index (Phi) is 6.64. The summed E-state index contributed by atoms with van der Waals surface area (Å²) in [5.74, 6) is -0.880. The third-order valence-corrected chi connectivity index (χ3v) is 4.59. The van der Waals surface area contributed by atoms with Gasteiger partial charge in [0.1, 0.15) is 5.15 Å². The number of aromatic hydroxyl groups is 1. The molecule has 118 valence electrons. The summed E-state index contributed by atoms with van der Waals surface area (Å²) in [4.78, 5) is 14.5. The van der Waals surface area contributed by atoms with Crippen LogP contribution in [0.1, 0.15) is 6.92 Å². The number of para-hydroxylation sites is 1. The van der Waals surface area contributed by atoms with Crippen LogP contribution in [0.2, 0.25) is 5.15 Å². The molecule has 2 rings (SSSR count). The van der Waals surface area contributed by atoms with Crippen molar-refractivity contribution >= 4 is 41.7 Å². The fraction of sp³-hybridized carbons (Fsp3) is 0.0769. The Balaban J connectivity index is 0.000000287. The minimum atomic E-state index is -5.14. The summed E-state index contributed by atoms with van der Waals surface area (Å²) in [6, 6.07) is 9.12. The fourth-order valence-corrected chi connectivity index (χ4v) is 3.10. The van der Waals surface area contributed by atoms with Crippen molar-refractivity contribution in [1.82, 2.24) is 4.98 Å². The maximum absolute atomic E-state index is 11.1. The molecule has 0 saturated carbocycles. The normalized spacial score (nSPS) is 10.4. The number of phenols is 1. The zero-order chi connectivity index (χ0) is 16.8. The number of amides is 1. The van der Waals surface area contributed by atoms with Gasteiger partial charge in [0.2, 0.25) is 0 Å². The molecule has 0 unspecified atom stereocenters. The van der Waals surface area contributed by atoms with Crippen LogP contribution in [0.3, 0.4) is 0 Å². The van der Waals surface area contributed by atoms with Crippen LogP contribution in [0.5, 0.6) is 5.75 Å². The van der Waals surface area contributed by atoms with Gasteiger partial charge in [0.15, 0.2) is 0 Å². The van der Waals surface area contributed by atoms with E-state index in [9.17, 15) is 13.6 Å². The molecule has 1 heterocycles. The van der Waals surface area contributed by atoms with E-state index >= 15 is 0 Å². The Hall–Kier alpha value is -1.79. The predicted molar refractivity (Wildman–Crippen MR) is 82.2 cm³/mol. The number of anilines is 1. The number of rotatable bonds is 2. The van der Waals surface area contributed by atoms with Crippen LogP contribution < -0.4 is 9.67 Å².